The first-order valence-corrected chi connectivity index (χ1v) is 5.96. The monoisotopic (exact) mass is 302 g/mol. The molecule has 1 fully saturated rings. The van der Waals surface area contributed by atoms with Gasteiger partial charge in [-0.25, -0.2) is 0 Å². The third-order valence-electron chi connectivity index (χ3n) is 2.59. The van der Waals surface area contributed by atoms with Gasteiger partial charge in [-0.3, -0.25) is 0 Å². The van der Waals surface area contributed by atoms with Gasteiger partial charge in [-0.1, -0.05) is 19.3 Å². The second-order valence-electron chi connectivity index (χ2n) is 3.93. The van der Waals surface area contributed by atoms with E-state index in [1.54, 1.807) is 0 Å². The molecule has 0 radical (unpaired) electrons. The van der Waals surface area contributed by atoms with Crippen molar-refractivity contribution in [2.45, 2.75) is 57.7 Å². The fourth-order valence-corrected chi connectivity index (χ4v) is 1.69. The van der Waals surface area contributed by atoms with Crippen molar-refractivity contribution in [1.29, 1.82) is 0 Å². The summed E-state index contributed by atoms with van der Waals surface area (Å²) in [5.74, 6) is 0. The van der Waals surface area contributed by atoms with E-state index in [4.69, 9.17) is 9.47 Å². The zero-order valence-corrected chi connectivity index (χ0v) is 13.3. The number of halogens is 1. The number of hydrogen-bond donors (Lipinski definition) is 0. The topological polar surface area (TPSA) is 18.5 Å². The molecule has 0 spiro atoms. The Morgan fingerprint density at radius 3 is 2.50 bits per heavy atom. The normalized spacial score (nSPS) is 19.7. The smallest absolute Gasteiger partial charge is 1.00 e. The summed E-state index contributed by atoms with van der Waals surface area (Å²) in [6.07, 6.45) is 9.66. The Balaban J connectivity index is 0. The summed E-state index contributed by atoms with van der Waals surface area (Å²) in [4.78, 5) is 0. The Kier molecular flexibility index (Phi) is 17.3. The molecular formula is C12H23BrMgO2. The molecule has 1 atom stereocenters. The molecule has 0 aromatic heterocycles. The molecule has 0 N–H and O–H groups in total. The van der Waals surface area contributed by atoms with Crippen LogP contribution in [0.5, 0.6) is 0 Å². The Morgan fingerprint density at radius 1 is 1.12 bits per heavy atom. The molecule has 0 saturated carbocycles. The van der Waals surface area contributed by atoms with E-state index < -0.39 is 0 Å². The Bertz CT molecular complexity index is 130. The molecule has 1 aliphatic heterocycles. The van der Waals surface area contributed by atoms with Crippen LogP contribution in [0.15, 0.2) is 0 Å². The van der Waals surface area contributed by atoms with E-state index in [-0.39, 0.29) is 46.3 Å². The van der Waals surface area contributed by atoms with Gasteiger partial charge < -0.3 is 33.4 Å². The van der Waals surface area contributed by atoms with Gasteiger partial charge in [0.15, 0.2) is 6.29 Å². The third-order valence-corrected chi connectivity index (χ3v) is 2.59. The molecule has 0 aromatic rings. The summed E-state index contributed by atoms with van der Waals surface area (Å²) in [7, 11) is 0. The molecular weight excluding hydrogens is 280 g/mol. The molecule has 0 aromatic carbocycles. The number of unbranched alkanes of at least 4 members (excludes halogenated alkanes) is 4. The maximum absolute atomic E-state index is 5.63. The van der Waals surface area contributed by atoms with Crippen LogP contribution in [0, 0.1) is 6.92 Å². The summed E-state index contributed by atoms with van der Waals surface area (Å²) in [5, 5.41) is 0. The minimum atomic E-state index is 0. The predicted octanol–water partition coefficient (Wildman–Crippen LogP) is -0.0626. The molecule has 92 valence electrons. The zero-order valence-electron chi connectivity index (χ0n) is 10.3. The Hall–Kier alpha value is 1.17. The molecule has 16 heavy (non-hydrogen) atoms. The van der Waals surface area contributed by atoms with Crippen molar-refractivity contribution in [1.82, 2.24) is 0 Å². The van der Waals surface area contributed by atoms with E-state index in [1.807, 2.05) is 0 Å². The van der Waals surface area contributed by atoms with E-state index >= 15 is 0 Å². The first-order chi connectivity index (χ1) is 6.93. The number of ether oxygens (including phenoxy) is 2. The van der Waals surface area contributed by atoms with Crippen LogP contribution in [0.2, 0.25) is 0 Å². The molecule has 4 heteroatoms. The summed E-state index contributed by atoms with van der Waals surface area (Å²) in [6.45, 7) is 5.57. The molecule has 1 rings (SSSR count). The summed E-state index contributed by atoms with van der Waals surface area (Å²) >= 11 is 0. The van der Waals surface area contributed by atoms with Gasteiger partial charge in [0.2, 0.25) is 0 Å². The van der Waals surface area contributed by atoms with Crippen molar-refractivity contribution in [3.63, 3.8) is 0 Å². The average molecular weight is 304 g/mol. The largest absolute Gasteiger partial charge is 2.00 e. The molecule has 1 aliphatic rings. The van der Waals surface area contributed by atoms with E-state index in [0.29, 0.717) is 0 Å². The fourth-order valence-electron chi connectivity index (χ4n) is 1.69. The molecule has 1 heterocycles. The van der Waals surface area contributed by atoms with Gasteiger partial charge in [0.25, 0.3) is 0 Å². The molecule has 0 amide bonds. The minimum absolute atomic E-state index is 0. The van der Waals surface area contributed by atoms with Crippen molar-refractivity contribution >= 4 is 23.1 Å². The molecule has 1 saturated heterocycles. The SMILES string of the molecule is [Br-].[CH2-]CCCCCCOC1CCCCO1.[Mg+2]. The van der Waals surface area contributed by atoms with Gasteiger partial charge in [-0.15, -0.1) is 0 Å². The molecule has 0 aliphatic carbocycles. The quantitative estimate of drug-likeness (QED) is 0.373. The second kappa shape index (κ2) is 14.2. The first-order valence-electron chi connectivity index (χ1n) is 5.96. The number of rotatable bonds is 7. The number of hydrogen-bond acceptors (Lipinski definition) is 2. The van der Waals surface area contributed by atoms with Gasteiger partial charge in [0, 0.05) is 13.2 Å². The van der Waals surface area contributed by atoms with Crippen molar-refractivity contribution in [2.75, 3.05) is 13.2 Å². The third kappa shape index (κ3) is 10.3. The van der Waals surface area contributed by atoms with Gasteiger partial charge >= 0.3 is 23.1 Å². The van der Waals surface area contributed by atoms with Crippen molar-refractivity contribution < 1.29 is 26.5 Å². The summed E-state index contributed by atoms with van der Waals surface area (Å²) in [5.41, 5.74) is 0. The maximum Gasteiger partial charge on any atom is 2.00 e. The zero-order chi connectivity index (χ0) is 10.1. The molecule has 0 bridgehead atoms. The Morgan fingerprint density at radius 2 is 1.88 bits per heavy atom. The van der Waals surface area contributed by atoms with E-state index in [2.05, 4.69) is 6.92 Å². The van der Waals surface area contributed by atoms with Gasteiger partial charge in [-0.2, -0.15) is 6.42 Å². The van der Waals surface area contributed by atoms with Gasteiger partial charge in [-0.05, 0) is 25.7 Å². The second-order valence-corrected chi connectivity index (χ2v) is 3.93. The van der Waals surface area contributed by atoms with Crippen LogP contribution in [0.25, 0.3) is 0 Å². The van der Waals surface area contributed by atoms with Crippen molar-refractivity contribution in [3.8, 4) is 0 Å². The first kappa shape index (κ1) is 19.5. The summed E-state index contributed by atoms with van der Waals surface area (Å²) < 4.78 is 11.1. The van der Waals surface area contributed by atoms with Crippen LogP contribution in [-0.4, -0.2) is 42.6 Å². The van der Waals surface area contributed by atoms with Gasteiger partial charge in [0.05, 0.1) is 0 Å². The van der Waals surface area contributed by atoms with Crippen LogP contribution < -0.4 is 17.0 Å². The maximum atomic E-state index is 5.63. The van der Waals surface area contributed by atoms with E-state index in [0.717, 1.165) is 26.1 Å². The molecule has 1 unspecified atom stereocenters. The summed E-state index contributed by atoms with van der Waals surface area (Å²) in [6, 6.07) is 0. The standard InChI is InChI=1S/C12H23O2.BrH.Mg/c1-2-3-4-5-7-10-13-12-9-6-8-11-14-12;;/h12H,1-11H2;1H;/q-1;;+2/p-1. The van der Waals surface area contributed by atoms with Gasteiger partial charge in [0.1, 0.15) is 0 Å². The van der Waals surface area contributed by atoms with E-state index in [1.165, 1.54) is 38.5 Å². The van der Waals surface area contributed by atoms with Crippen molar-refractivity contribution in [2.24, 2.45) is 0 Å². The minimum Gasteiger partial charge on any atom is -1.00 e. The molecule has 2 nitrogen and oxygen atoms in total. The van der Waals surface area contributed by atoms with Crippen LogP contribution in [0.4, 0.5) is 0 Å². The predicted molar refractivity (Wildman–Crippen MR) is 63.7 cm³/mol. The van der Waals surface area contributed by atoms with Crippen LogP contribution >= 0.6 is 0 Å². The van der Waals surface area contributed by atoms with Crippen LogP contribution in [-0.2, 0) is 9.47 Å². The van der Waals surface area contributed by atoms with Crippen LogP contribution in [0.1, 0.15) is 51.4 Å². The van der Waals surface area contributed by atoms with Crippen LogP contribution in [0.3, 0.4) is 0 Å². The van der Waals surface area contributed by atoms with E-state index in [9.17, 15) is 0 Å². The van der Waals surface area contributed by atoms with Crippen molar-refractivity contribution in [3.05, 3.63) is 6.92 Å². The fraction of sp³-hybridized carbons (Fsp3) is 0.917. The average Bonchev–Trinajstić information content (AvgIpc) is 2.25. The Labute approximate surface area is 127 Å².